The van der Waals surface area contributed by atoms with Crippen molar-refractivity contribution in [3.63, 3.8) is 0 Å². The Morgan fingerprint density at radius 2 is 1.00 bits per heavy atom. The molecule has 2 aliphatic carbocycles. The number of nitrogens with two attached hydrogens (primary N) is 2. The third-order valence-electron chi connectivity index (χ3n) is 6.37. The zero-order valence-corrected chi connectivity index (χ0v) is 24.5. The van der Waals surface area contributed by atoms with Gasteiger partial charge in [-0.1, -0.05) is 12.2 Å². The van der Waals surface area contributed by atoms with E-state index in [0.717, 1.165) is 60.7 Å². The topological polar surface area (TPSA) is 325 Å². The van der Waals surface area contributed by atoms with E-state index in [1.165, 1.54) is 12.2 Å². The summed E-state index contributed by atoms with van der Waals surface area (Å²) in [5, 5.41) is 52.6. The summed E-state index contributed by atoms with van der Waals surface area (Å²) in [5.41, 5.74) is 6.01. The van der Waals surface area contributed by atoms with E-state index < -0.39 is 75.9 Å². The predicted octanol–water partition coefficient (Wildman–Crippen LogP) is 2.65. The Morgan fingerprint density at radius 1 is 0.652 bits per heavy atom. The minimum absolute atomic E-state index is 0.0808. The molecule has 0 bridgehead atoms. The van der Waals surface area contributed by atoms with Gasteiger partial charge in [-0.15, -0.1) is 0 Å². The van der Waals surface area contributed by atoms with Crippen LogP contribution in [-0.2, 0) is 20.2 Å². The summed E-state index contributed by atoms with van der Waals surface area (Å²) in [4.78, 5) is 20.7. The van der Waals surface area contributed by atoms with Crippen LogP contribution in [0.5, 0.6) is 11.5 Å². The van der Waals surface area contributed by atoms with Crippen molar-refractivity contribution in [1.29, 1.82) is 0 Å². The van der Waals surface area contributed by atoms with E-state index in [9.17, 15) is 56.0 Å². The number of benzene rings is 2. The number of rotatable bonds is 8. The molecule has 2 unspecified atom stereocenters. The van der Waals surface area contributed by atoms with Crippen LogP contribution in [0, 0.1) is 0 Å². The van der Waals surface area contributed by atoms with Crippen molar-refractivity contribution < 1.29 is 56.0 Å². The number of aromatic carboxylic acids is 2. The molecule has 46 heavy (non-hydrogen) atoms. The third kappa shape index (κ3) is 6.96. The molecule has 0 spiro atoms. The molecule has 0 saturated carbocycles. The highest BCUT2D eigenvalue weighted by atomic mass is 32.2. The molecule has 0 aromatic heterocycles. The Bertz CT molecular complexity index is 1970. The minimum atomic E-state index is -5.12. The number of phenols is 2. The van der Waals surface area contributed by atoms with Gasteiger partial charge in [0.05, 0.1) is 11.4 Å². The maximum atomic E-state index is 12.3. The molecule has 2 aromatic rings. The van der Waals surface area contributed by atoms with Crippen LogP contribution in [0.4, 0.5) is 11.4 Å². The maximum absolute atomic E-state index is 12.3. The van der Waals surface area contributed by atoms with Crippen LogP contribution in [0.25, 0.3) is 0 Å². The summed E-state index contributed by atoms with van der Waals surface area (Å²) in [5.74, 6) is -4.12. The van der Waals surface area contributed by atoms with Gasteiger partial charge in [-0.05, 0) is 71.8 Å². The number of carboxylic acid groups (broad SMARTS) is 2. The molecule has 0 aliphatic heterocycles. The second-order valence-electron chi connectivity index (χ2n) is 9.61. The average Bonchev–Trinajstić information content (AvgIpc) is 2.95. The fourth-order valence-corrected chi connectivity index (χ4v) is 5.69. The first-order valence-corrected chi connectivity index (χ1v) is 15.2. The number of aromatic hydroxyl groups is 2. The van der Waals surface area contributed by atoms with Crippen molar-refractivity contribution in [3.05, 3.63) is 105 Å². The van der Waals surface area contributed by atoms with Crippen LogP contribution in [0.3, 0.4) is 0 Å². The number of allylic oxidation sites excluding steroid dienone is 6. The number of carbonyl (C=O) groups is 2. The van der Waals surface area contributed by atoms with Gasteiger partial charge < -0.3 is 20.4 Å². The fraction of sp³-hybridized carbons (Fsp3) is 0.0769. The summed E-state index contributed by atoms with van der Waals surface area (Å²) in [6.45, 7) is 0. The van der Waals surface area contributed by atoms with Crippen molar-refractivity contribution in [1.82, 2.24) is 0 Å². The first-order chi connectivity index (χ1) is 21.2. The zero-order chi connectivity index (χ0) is 34.2. The van der Waals surface area contributed by atoms with Crippen LogP contribution in [0.15, 0.2) is 114 Å². The highest BCUT2D eigenvalue weighted by molar-refractivity contribution is 7.90. The van der Waals surface area contributed by atoms with E-state index in [2.05, 4.69) is 20.5 Å². The molecule has 0 heterocycles. The molecule has 20 heteroatoms. The predicted molar refractivity (Wildman–Crippen MR) is 158 cm³/mol. The molecule has 0 amide bonds. The lowest BCUT2D eigenvalue weighted by molar-refractivity contribution is 0.0682. The molecule has 18 nitrogen and oxygen atoms in total. The summed E-state index contributed by atoms with van der Waals surface area (Å²) < 4.78 is 69.2. The summed E-state index contributed by atoms with van der Waals surface area (Å²) in [6.07, 6.45) is 5.98. The number of hydrogen-bond acceptors (Lipinski definition) is 14. The molecular formula is C26H22N6O12S2. The van der Waals surface area contributed by atoms with Gasteiger partial charge >= 0.3 is 11.9 Å². The van der Waals surface area contributed by atoms with Crippen molar-refractivity contribution in [2.24, 2.45) is 31.9 Å². The van der Waals surface area contributed by atoms with Crippen LogP contribution in [-0.4, -0.2) is 69.6 Å². The molecule has 240 valence electrons. The highest BCUT2D eigenvalue weighted by Crippen LogP contribution is 2.36. The van der Waals surface area contributed by atoms with Crippen LogP contribution >= 0.6 is 0 Å². The first kappa shape index (κ1) is 33.5. The molecule has 10 N–H and O–H groups in total. The number of azo groups is 2. The van der Waals surface area contributed by atoms with Gasteiger partial charge in [-0.25, -0.2) is 9.59 Å². The normalized spacial score (nSPS) is 23.5. The number of nitrogens with zero attached hydrogens (tertiary/aromatic N) is 4. The van der Waals surface area contributed by atoms with E-state index in [0.29, 0.717) is 0 Å². The van der Waals surface area contributed by atoms with Crippen LogP contribution in [0.2, 0.25) is 0 Å². The first-order valence-electron chi connectivity index (χ1n) is 12.3. The van der Waals surface area contributed by atoms with Gasteiger partial charge in [0.25, 0.3) is 20.2 Å². The SMILES string of the molecule is NC1(N=Nc2ccc(O)c(C(=O)O)c2)C=CC(=C2C=CC(N)(N=Nc3ccc(O)c(C(=O)O)c3)C(S(=O)(=O)O)=C2)C=C1S(=O)(=O)O. The fourth-order valence-electron chi connectivity index (χ4n) is 4.09. The molecular weight excluding hydrogens is 652 g/mol. The number of carboxylic acids is 2. The smallest absolute Gasteiger partial charge is 0.339 e. The summed E-state index contributed by atoms with van der Waals surface area (Å²) in [7, 11) is -10.2. The zero-order valence-electron chi connectivity index (χ0n) is 22.8. The van der Waals surface area contributed by atoms with E-state index in [4.69, 9.17) is 11.5 Å². The second-order valence-corrected chi connectivity index (χ2v) is 12.4. The lowest BCUT2D eigenvalue weighted by Crippen LogP contribution is -2.42. The largest absolute Gasteiger partial charge is 0.507 e. The quantitative estimate of drug-likeness (QED) is 0.147. The number of hydrogen-bond donors (Lipinski definition) is 8. The molecule has 0 fully saturated rings. The Balaban J connectivity index is 1.76. The van der Waals surface area contributed by atoms with E-state index in [1.807, 2.05) is 0 Å². The van der Waals surface area contributed by atoms with Crippen molar-refractivity contribution >= 4 is 43.5 Å². The van der Waals surface area contributed by atoms with Gasteiger partial charge in [0.2, 0.25) is 0 Å². The molecule has 2 aliphatic rings. The standard InChI is InChI=1S/C26H22N6O12S2/c27-25(31-29-15-1-3-19(33)17(11-15)23(35)36)7-5-13(9-21(25)45(39,40)41)14-6-8-26(28,22(10-14)46(42,43)44)32-30-16-2-4-20(34)18(12-16)24(37)38/h1-12,33-34H,27-28H2,(H,35,36)(H,37,38)(H,39,40,41)(H,42,43,44). The van der Waals surface area contributed by atoms with Crippen molar-refractivity contribution in [2.75, 3.05) is 0 Å². The average molecular weight is 675 g/mol. The van der Waals surface area contributed by atoms with Crippen LogP contribution < -0.4 is 11.5 Å². The molecule has 2 aromatic carbocycles. The molecule has 0 saturated heterocycles. The highest BCUT2D eigenvalue weighted by Gasteiger charge is 2.40. The van der Waals surface area contributed by atoms with Crippen LogP contribution in [0.1, 0.15) is 20.7 Å². The van der Waals surface area contributed by atoms with Gasteiger partial charge in [-0.3, -0.25) is 20.6 Å². The monoisotopic (exact) mass is 674 g/mol. The van der Waals surface area contributed by atoms with E-state index >= 15 is 0 Å². The third-order valence-corrected chi connectivity index (χ3v) is 8.37. The minimum Gasteiger partial charge on any atom is -0.507 e. The lowest BCUT2D eigenvalue weighted by atomic mass is 9.93. The summed E-state index contributed by atoms with van der Waals surface area (Å²) >= 11 is 0. The Kier molecular flexibility index (Phi) is 8.63. The van der Waals surface area contributed by atoms with Crippen molar-refractivity contribution in [2.45, 2.75) is 11.3 Å². The Labute approximate surface area is 258 Å². The summed E-state index contributed by atoms with van der Waals surface area (Å²) in [6, 6.07) is 6.18. The molecule has 0 radical (unpaired) electrons. The molecule has 2 atom stereocenters. The van der Waals surface area contributed by atoms with Gasteiger partial charge in [-0.2, -0.15) is 37.3 Å². The van der Waals surface area contributed by atoms with Crippen molar-refractivity contribution in [3.8, 4) is 11.5 Å². The maximum Gasteiger partial charge on any atom is 0.339 e. The van der Waals surface area contributed by atoms with E-state index in [-0.39, 0.29) is 22.5 Å². The van der Waals surface area contributed by atoms with E-state index in [1.54, 1.807) is 0 Å². The second kappa shape index (κ2) is 11.8. The van der Waals surface area contributed by atoms with Gasteiger partial charge in [0.15, 0.2) is 11.3 Å². The molecule has 4 rings (SSSR count). The Morgan fingerprint density at radius 3 is 1.30 bits per heavy atom. The van der Waals surface area contributed by atoms with Gasteiger partial charge in [0, 0.05) is 0 Å². The Hall–Kier alpha value is -5.38. The lowest BCUT2D eigenvalue weighted by Gasteiger charge is -2.27. The van der Waals surface area contributed by atoms with Gasteiger partial charge in [0.1, 0.15) is 32.4 Å².